The Labute approximate surface area is 190 Å². The van der Waals surface area contributed by atoms with Gasteiger partial charge in [-0.25, -0.2) is 4.98 Å². The summed E-state index contributed by atoms with van der Waals surface area (Å²) in [5.41, 5.74) is 9.05. The second-order valence-corrected chi connectivity index (χ2v) is 8.48. The summed E-state index contributed by atoms with van der Waals surface area (Å²) in [7, 11) is 3.99. The van der Waals surface area contributed by atoms with Gasteiger partial charge in [-0.15, -0.1) is 0 Å². The lowest BCUT2D eigenvalue weighted by atomic mass is 9.91. The van der Waals surface area contributed by atoms with Crippen molar-refractivity contribution >= 4 is 34.3 Å². The molecule has 1 aliphatic carbocycles. The molecule has 1 amide bonds. The number of amides is 1. The molecule has 7 heteroatoms. The molecule has 0 bridgehead atoms. The van der Waals surface area contributed by atoms with Gasteiger partial charge in [0.15, 0.2) is 0 Å². The number of aromatic nitrogens is 2. The van der Waals surface area contributed by atoms with Crippen molar-refractivity contribution in [2.75, 3.05) is 30.0 Å². The Morgan fingerprint density at radius 3 is 2.41 bits per heavy atom. The van der Waals surface area contributed by atoms with Crippen molar-refractivity contribution < 1.29 is 4.79 Å². The zero-order valence-corrected chi connectivity index (χ0v) is 18.4. The van der Waals surface area contributed by atoms with Crippen molar-refractivity contribution in [2.24, 2.45) is 0 Å². The van der Waals surface area contributed by atoms with Gasteiger partial charge in [0.2, 0.25) is 5.95 Å². The average molecular weight is 435 g/mol. The summed E-state index contributed by atoms with van der Waals surface area (Å²) in [5.74, 6) is 1.47. The van der Waals surface area contributed by atoms with E-state index in [9.17, 15) is 4.79 Å². The number of hydrogen-bond acceptors (Lipinski definition) is 6. The molecule has 7 nitrogen and oxygen atoms in total. The van der Waals surface area contributed by atoms with E-state index in [0.29, 0.717) is 17.2 Å². The van der Waals surface area contributed by atoms with Crippen LogP contribution < -0.4 is 21.3 Å². The monoisotopic (exact) mass is 434 g/mol. The van der Waals surface area contributed by atoms with Crippen LogP contribution in [0.2, 0.25) is 0 Å². The van der Waals surface area contributed by atoms with Crippen LogP contribution in [-0.4, -0.2) is 42.1 Å². The molecule has 0 spiro atoms. The number of carbonyl (C=O) groups is 1. The number of anilines is 3. The van der Waals surface area contributed by atoms with E-state index >= 15 is 0 Å². The van der Waals surface area contributed by atoms with Crippen molar-refractivity contribution in [1.29, 1.82) is 0 Å². The van der Waals surface area contributed by atoms with E-state index in [1.807, 2.05) is 62.3 Å². The fourth-order valence-electron chi connectivity index (χ4n) is 4.17. The minimum atomic E-state index is -0.0916. The molecule has 170 valence electrons. The van der Waals surface area contributed by atoms with Gasteiger partial charge in [-0.1, -0.05) is 31.7 Å². The Balaban J connectivity index is 0.00000289. The smallest absolute Gasteiger partial charge is 0.253 e. The molecule has 1 aromatic heterocycles. The molecule has 4 rings (SSSR count). The maximum atomic E-state index is 12.7. The summed E-state index contributed by atoms with van der Waals surface area (Å²) in [6.45, 7) is 1.92. The first-order chi connectivity index (χ1) is 14.9. The fourth-order valence-corrected chi connectivity index (χ4v) is 4.17. The number of nitrogens with two attached hydrogens (primary N) is 1. The lowest BCUT2D eigenvalue weighted by Crippen LogP contribution is -2.40. The number of para-hydroxylation sites is 2. The fraction of sp³-hybridized carbons (Fsp3) is 0.400. The van der Waals surface area contributed by atoms with Crippen molar-refractivity contribution in [1.82, 2.24) is 15.3 Å². The Morgan fingerprint density at radius 2 is 1.69 bits per heavy atom. The van der Waals surface area contributed by atoms with E-state index in [-0.39, 0.29) is 25.4 Å². The molecule has 0 saturated heterocycles. The number of carbonyl (C=O) groups excluding carboxylic acids is 1. The molecular formula is C25H34N6O. The summed E-state index contributed by atoms with van der Waals surface area (Å²) >= 11 is 0. The van der Waals surface area contributed by atoms with Crippen LogP contribution in [0, 0.1) is 6.92 Å². The van der Waals surface area contributed by atoms with E-state index in [4.69, 9.17) is 15.7 Å². The lowest BCUT2D eigenvalue weighted by molar-refractivity contribution is 0.0927. The minimum Gasteiger partial charge on any atom is -0.398 e. The Hall–Kier alpha value is -3.35. The molecule has 32 heavy (non-hydrogen) atoms. The van der Waals surface area contributed by atoms with Crippen LogP contribution in [-0.2, 0) is 0 Å². The first kappa shape index (κ1) is 23.3. The predicted molar refractivity (Wildman–Crippen MR) is 133 cm³/mol. The van der Waals surface area contributed by atoms with Gasteiger partial charge in [0, 0.05) is 37.3 Å². The highest BCUT2D eigenvalue weighted by atomic mass is 16.1. The van der Waals surface area contributed by atoms with Gasteiger partial charge in [-0.2, -0.15) is 4.98 Å². The molecule has 1 fully saturated rings. The van der Waals surface area contributed by atoms with Gasteiger partial charge in [-0.3, -0.25) is 4.79 Å². The van der Waals surface area contributed by atoms with Crippen molar-refractivity contribution in [3.63, 3.8) is 0 Å². The molecule has 0 radical (unpaired) electrons. The number of nitrogens with zero attached hydrogens (tertiary/aromatic N) is 3. The Morgan fingerprint density at radius 1 is 1.00 bits per heavy atom. The van der Waals surface area contributed by atoms with Crippen LogP contribution in [0.3, 0.4) is 0 Å². The van der Waals surface area contributed by atoms with Crippen molar-refractivity contribution in [3.05, 3.63) is 53.6 Å². The van der Waals surface area contributed by atoms with Gasteiger partial charge >= 0.3 is 0 Å². The van der Waals surface area contributed by atoms with Gasteiger partial charge < -0.3 is 21.3 Å². The van der Waals surface area contributed by atoms with Crippen LogP contribution in [0.15, 0.2) is 42.5 Å². The largest absolute Gasteiger partial charge is 0.398 e. The SMILES string of the molecule is C.Cc1cccc(C(=O)NC2CCC(Nc3nc(N(C)C)c4ccccc4n3)CC2)c1N. The minimum absolute atomic E-state index is 0. The first-order valence-corrected chi connectivity index (χ1v) is 10.8. The quantitative estimate of drug-likeness (QED) is 0.516. The molecule has 0 atom stereocenters. The third kappa shape index (κ3) is 4.93. The highest BCUT2D eigenvalue weighted by Crippen LogP contribution is 2.26. The highest BCUT2D eigenvalue weighted by molar-refractivity contribution is 5.99. The normalized spacial score (nSPS) is 18.0. The average Bonchev–Trinajstić information content (AvgIpc) is 2.76. The second kappa shape index (κ2) is 9.85. The number of aryl methyl sites for hydroxylation is 1. The Kier molecular flexibility index (Phi) is 7.18. The van der Waals surface area contributed by atoms with Crippen molar-refractivity contribution in [2.45, 2.75) is 52.1 Å². The summed E-state index contributed by atoms with van der Waals surface area (Å²) in [6.07, 6.45) is 3.70. The number of nitrogens with one attached hydrogen (secondary N) is 2. The molecule has 0 unspecified atom stereocenters. The van der Waals surface area contributed by atoms with Crippen LogP contribution in [0.5, 0.6) is 0 Å². The zero-order chi connectivity index (χ0) is 22.0. The van der Waals surface area contributed by atoms with E-state index in [2.05, 4.69) is 10.6 Å². The molecule has 3 aromatic rings. The van der Waals surface area contributed by atoms with Crippen molar-refractivity contribution in [3.8, 4) is 0 Å². The maximum Gasteiger partial charge on any atom is 0.253 e. The van der Waals surface area contributed by atoms with Gasteiger partial charge in [0.25, 0.3) is 5.91 Å². The first-order valence-electron chi connectivity index (χ1n) is 10.8. The molecule has 1 aliphatic rings. The van der Waals surface area contributed by atoms with Gasteiger partial charge in [0.05, 0.1) is 11.1 Å². The van der Waals surface area contributed by atoms with E-state index in [1.54, 1.807) is 6.07 Å². The molecule has 2 aromatic carbocycles. The summed E-state index contributed by atoms with van der Waals surface area (Å²) in [5, 5.41) is 7.70. The van der Waals surface area contributed by atoms with Crippen LogP contribution >= 0.6 is 0 Å². The zero-order valence-electron chi connectivity index (χ0n) is 18.4. The second-order valence-electron chi connectivity index (χ2n) is 8.48. The van der Waals surface area contributed by atoms with E-state index < -0.39 is 0 Å². The Bertz CT molecular complexity index is 1090. The topological polar surface area (TPSA) is 96.2 Å². The molecule has 0 aliphatic heterocycles. The van der Waals surface area contributed by atoms with Crippen LogP contribution in [0.25, 0.3) is 10.9 Å². The van der Waals surface area contributed by atoms with E-state index in [1.165, 1.54) is 0 Å². The molecule has 1 heterocycles. The summed E-state index contributed by atoms with van der Waals surface area (Å²) in [4.78, 5) is 24.1. The third-order valence-electron chi connectivity index (χ3n) is 5.97. The van der Waals surface area contributed by atoms with Gasteiger partial charge in [0.1, 0.15) is 5.82 Å². The maximum absolute atomic E-state index is 12.7. The predicted octanol–water partition coefficient (Wildman–Crippen LogP) is 4.38. The lowest BCUT2D eigenvalue weighted by Gasteiger charge is -2.30. The standard InChI is InChI=1S/C24H30N6O.CH4/c1-15-7-6-9-19(21(15)25)23(31)26-16-11-13-17(14-12-16)27-24-28-20-10-5-4-8-18(20)22(29-24)30(2)3;/h4-10,16-17H,11-14,25H2,1-3H3,(H,26,31)(H,27,28,29);1H4. The van der Waals surface area contributed by atoms with Crippen LogP contribution in [0.4, 0.5) is 17.5 Å². The summed E-state index contributed by atoms with van der Waals surface area (Å²) in [6, 6.07) is 14.1. The number of fused-ring (bicyclic) bond motifs is 1. The molecule has 4 N–H and O–H groups in total. The number of rotatable bonds is 5. The number of hydrogen-bond donors (Lipinski definition) is 3. The molecule has 1 saturated carbocycles. The number of nitrogen functional groups attached to an aromatic ring is 1. The summed E-state index contributed by atoms with van der Waals surface area (Å²) < 4.78 is 0. The third-order valence-corrected chi connectivity index (χ3v) is 5.97. The van der Waals surface area contributed by atoms with Crippen LogP contribution in [0.1, 0.15) is 49.0 Å². The number of benzene rings is 2. The van der Waals surface area contributed by atoms with Gasteiger partial charge in [-0.05, 0) is 56.4 Å². The molecular weight excluding hydrogens is 400 g/mol. The highest BCUT2D eigenvalue weighted by Gasteiger charge is 2.24. The van der Waals surface area contributed by atoms with E-state index in [0.717, 1.165) is 48.0 Å².